The van der Waals surface area contributed by atoms with E-state index in [0.29, 0.717) is 18.2 Å². The molecule has 0 aromatic carbocycles. The standard InChI is InChI=1S/C14H16N2O3/c1-3-11-5-6-12(19-11)14(17)16-9-10-4-7-13(18-2)15-8-10/h4-8H,3,9H2,1-2H3,(H,16,17). The highest BCUT2D eigenvalue weighted by Gasteiger charge is 2.10. The number of ether oxygens (including phenoxy) is 1. The smallest absolute Gasteiger partial charge is 0.287 e. The molecular weight excluding hydrogens is 244 g/mol. The maximum atomic E-state index is 11.8. The van der Waals surface area contributed by atoms with Gasteiger partial charge in [-0.1, -0.05) is 13.0 Å². The highest BCUT2D eigenvalue weighted by Crippen LogP contribution is 2.09. The zero-order chi connectivity index (χ0) is 13.7. The van der Waals surface area contributed by atoms with Crippen LogP contribution in [0.5, 0.6) is 5.88 Å². The molecule has 1 N–H and O–H groups in total. The van der Waals surface area contributed by atoms with E-state index >= 15 is 0 Å². The molecule has 0 aliphatic heterocycles. The number of aromatic nitrogens is 1. The van der Waals surface area contributed by atoms with Crippen LogP contribution in [0.25, 0.3) is 0 Å². The van der Waals surface area contributed by atoms with Gasteiger partial charge in [0.2, 0.25) is 5.88 Å². The fourth-order valence-corrected chi connectivity index (χ4v) is 1.60. The highest BCUT2D eigenvalue weighted by molar-refractivity contribution is 5.91. The number of methoxy groups -OCH3 is 1. The summed E-state index contributed by atoms with van der Waals surface area (Å²) >= 11 is 0. The highest BCUT2D eigenvalue weighted by atomic mass is 16.5. The summed E-state index contributed by atoms with van der Waals surface area (Å²) < 4.78 is 10.3. The quantitative estimate of drug-likeness (QED) is 0.894. The largest absolute Gasteiger partial charge is 0.481 e. The molecule has 0 saturated carbocycles. The third-order valence-electron chi connectivity index (χ3n) is 2.69. The first kappa shape index (κ1) is 13.1. The molecule has 0 saturated heterocycles. The van der Waals surface area contributed by atoms with E-state index < -0.39 is 0 Å². The average molecular weight is 260 g/mol. The minimum absolute atomic E-state index is 0.226. The van der Waals surface area contributed by atoms with Gasteiger partial charge in [0.15, 0.2) is 5.76 Å². The minimum Gasteiger partial charge on any atom is -0.481 e. The number of hydrogen-bond donors (Lipinski definition) is 1. The molecule has 2 aromatic rings. The Bertz CT molecular complexity index is 546. The summed E-state index contributed by atoms with van der Waals surface area (Å²) in [6, 6.07) is 7.10. The topological polar surface area (TPSA) is 64.4 Å². The van der Waals surface area contributed by atoms with Crippen LogP contribution >= 0.6 is 0 Å². The third-order valence-corrected chi connectivity index (χ3v) is 2.69. The maximum absolute atomic E-state index is 11.8. The van der Waals surface area contributed by atoms with Gasteiger partial charge >= 0.3 is 0 Å². The summed E-state index contributed by atoms with van der Waals surface area (Å²) in [5.74, 6) is 1.46. The normalized spacial score (nSPS) is 10.2. The average Bonchev–Trinajstić information content (AvgIpc) is 2.94. The van der Waals surface area contributed by atoms with E-state index in [4.69, 9.17) is 9.15 Å². The van der Waals surface area contributed by atoms with E-state index in [0.717, 1.165) is 17.7 Å². The van der Waals surface area contributed by atoms with Crippen LogP contribution in [-0.2, 0) is 13.0 Å². The molecule has 2 heterocycles. The van der Waals surface area contributed by atoms with Crippen molar-refractivity contribution < 1.29 is 13.9 Å². The van der Waals surface area contributed by atoms with Gasteiger partial charge in [-0.3, -0.25) is 4.79 Å². The van der Waals surface area contributed by atoms with Crippen molar-refractivity contribution in [2.24, 2.45) is 0 Å². The Balaban J connectivity index is 1.92. The fraction of sp³-hybridized carbons (Fsp3) is 0.286. The number of rotatable bonds is 5. The SMILES string of the molecule is CCc1ccc(C(=O)NCc2ccc(OC)nc2)o1. The summed E-state index contributed by atoms with van der Waals surface area (Å²) in [6.45, 7) is 2.38. The Kier molecular flexibility index (Phi) is 4.18. The number of hydrogen-bond acceptors (Lipinski definition) is 4. The zero-order valence-corrected chi connectivity index (χ0v) is 11.0. The van der Waals surface area contributed by atoms with Gasteiger partial charge in [0, 0.05) is 25.2 Å². The predicted octanol–water partition coefficient (Wildman–Crippen LogP) is 2.18. The van der Waals surface area contributed by atoms with E-state index in [2.05, 4.69) is 10.3 Å². The molecule has 0 radical (unpaired) electrons. The first-order valence-corrected chi connectivity index (χ1v) is 6.08. The molecule has 5 heteroatoms. The molecule has 0 aliphatic carbocycles. The Labute approximate surface area is 111 Å². The Morgan fingerprint density at radius 3 is 2.79 bits per heavy atom. The molecule has 0 fully saturated rings. The molecule has 0 bridgehead atoms. The molecule has 2 aromatic heterocycles. The van der Waals surface area contributed by atoms with Crippen molar-refractivity contribution in [1.82, 2.24) is 10.3 Å². The molecule has 1 amide bonds. The van der Waals surface area contributed by atoms with E-state index in [1.165, 1.54) is 0 Å². The van der Waals surface area contributed by atoms with Crippen molar-refractivity contribution in [3.05, 3.63) is 47.5 Å². The number of pyridine rings is 1. The van der Waals surface area contributed by atoms with Crippen LogP contribution in [0.4, 0.5) is 0 Å². The minimum atomic E-state index is -0.226. The summed E-state index contributed by atoms with van der Waals surface area (Å²) in [5.41, 5.74) is 0.899. The Hall–Kier alpha value is -2.30. The summed E-state index contributed by atoms with van der Waals surface area (Å²) in [4.78, 5) is 15.9. The van der Waals surface area contributed by atoms with Gasteiger partial charge in [0.1, 0.15) is 5.76 Å². The number of nitrogens with zero attached hydrogens (tertiary/aromatic N) is 1. The van der Waals surface area contributed by atoms with Crippen LogP contribution in [0.15, 0.2) is 34.9 Å². The van der Waals surface area contributed by atoms with Crippen LogP contribution in [0.1, 0.15) is 28.8 Å². The van der Waals surface area contributed by atoms with Gasteiger partial charge in [-0.05, 0) is 17.7 Å². The van der Waals surface area contributed by atoms with Crippen molar-refractivity contribution in [3.8, 4) is 5.88 Å². The molecule has 0 unspecified atom stereocenters. The van der Waals surface area contributed by atoms with Crippen molar-refractivity contribution >= 4 is 5.91 Å². The Morgan fingerprint density at radius 1 is 1.37 bits per heavy atom. The molecule has 0 aliphatic rings. The fourth-order valence-electron chi connectivity index (χ4n) is 1.60. The van der Waals surface area contributed by atoms with Gasteiger partial charge in [0.25, 0.3) is 5.91 Å². The van der Waals surface area contributed by atoms with Crippen molar-refractivity contribution in [1.29, 1.82) is 0 Å². The van der Waals surface area contributed by atoms with Crippen molar-refractivity contribution in [2.75, 3.05) is 7.11 Å². The van der Waals surface area contributed by atoms with Crippen molar-refractivity contribution in [2.45, 2.75) is 19.9 Å². The maximum Gasteiger partial charge on any atom is 0.287 e. The lowest BCUT2D eigenvalue weighted by atomic mass is 10.3. The molecular formula is C14H16N2O3. The number of nitrogens with one attached hydrogen (secondary N) is 1. The second-order valence-corrected chi connectivity index (χ2v) is 4.01. The molecule has 100 valence electrons. The summed E-state index contributed by atoms with van der Waals surface area (Å²) in [7, 11) is 1.56. The molecule has 0 atom stereocenters. The predicted molar refractivity (Wildman–Crippen MR) is 70.0 cm³/mol. The van der Waals surface area contributed by atoms with Crippen LogP contribution < -0.4 is 10.1 Å². The van der Waals surface area contributed by atoms with Gasteiger partial charge in [-0.15, -0.1) is 0 Å². The second kappa shape index (κ2) is 6.04. The Morgan fingerprint density at radius 2 is 2.21 bits per heavy atom. The lowest BCUT2D eigenvalue weighted by Gasteiger charge is -2.04. The van der Waals surface area contributed by atoms with Gasteiger partial charge in [-0.25, -0.2) is 4.98 Å². The van der Waals surface area contributed by atoms with Crippen LogP contribution in [0.3, 0.4) is 0 Å². The van der Waals surface area contributed by atoms with Gasteiger partial charge in [0.05, 0.1) is 7.11 Å². The lowest BCUT2D eigenvalue weighted by molar-refractivity contribution is 0.0921. The molecule has 2 rings (SSSR count). The van der Waals surface area contributed by atoms with Gasteiger partial charge < -0.3 is 14.5 Å². The van der Waals surface area contributed by atoms with Gasteiger partial charge in [-0.2, -0.15) is 0 Å². The molecule has 19 heavy (non-hydrogen) atoms. The lowest BCUT2D eigenvalue weighted by Crippen LogP contribution is -2.22. The third kappa shape index (κ3) is 3.34. The van der Waals surface area contributed by atoms with E-state index in [9.17, 15) is 4.79 Å². The summed E-state index contributed by atoms with van der Waals surface area (Å²) in [6.07, 6.45) is 2.44. The number of furan rings is 1. The number of aryl methyl sites for hydroxylation is 1. The van der Waals surface area contributed by atoms with E-state index in [-0.39, 0.29) is 5.91 Å². The zero-order valence-electron chi connectivity index (χ0n) is 11.0. The molecule has 0 spiro atoms. The molecule has 5 nitrogen and oxygen atoms in total. The van der Waals surface area contributed by atoms with E-state index in [1.807, 2.05) is 19.1 Å². The second-order valence-electron chi connectivity index (χ2n) is 4.01. The summed E-state index contributed by atoms with van der Waals surface area (Å²) in [5, 5.41) is 2.78. The van der Waals surface area contributed by atoms with Crippen LogP contribution in [0.2, 0.25) is 0 Å². The number of carbonyl (C=O) groups excluding carboxylic acids is 1. The number of amides is 1. The van der Waals surface area contributed by atoms with E-state index in [1.54, 1.807) is 25.4 Å². The monoisotopic (exact) mass is 260 g/mol. The van der Waals surface area contributed by atoms with Crippen LogP contribution in [0, 0.1) is 0 Å². The first-order chi connectivity index (χ1) is 9.22. The number of carbonyl (C=O) groups is 1. The first-order valence-electron chi connectivity index (χ1n) is 6.08. The van der Waals surface area contributed by atoms with Crippen LogP contribution in [-0.4, -0.2) is 18.0 Å². The van der Waals surface area contributed by atoms with Crippen molar-refractivity contribution in [3.63, 3.8) is 0 Å².